The largest absolute Gasteiger partial charge is 0.496 e. The maximum Gasteiger partial charge on any atom is 0.123 e. The highest BCUT2D eigenvalue weighted by molar-refractivity contribution is 9.10. The molecule has 1 N–H and O–H groups in total. The van der Waals surface area contributed by atoms with E-state index < -0.39 is 0 Å². The molecule has 0 amide bonds. The second kappa shape index (κ2) is 7.41. The molecule has 106 valence electrons. The molecule has 2 rings (SSSR count). The van der Waals surface area contributed by atoms with E-state index in [2.05, 4.69) is 21.2 Å². The third-order valence-corrected chi connectivity index (χ3v) is 3.55. The van der Waals surface area contributed by atoms with Crippen LogP contribution < -0.4 is 10.1 Å². The van der Waals surface area contributed by atoms with Crippen molar-refractivity contribution in [3.63, 3.8) is 0 Å². The minimum Gasteiger partial charge on any atom is -0.496 e. The van der Waals surface area contributed by atoms with Gasteiger partial charge in [0.1, 0.15) is 11.6 Å². The van der Waals surface area contributed by atoms with Gasteiger partial charge < -0.3 is 10.1 Å². The summed E-state index contributed by atoms with van der Waals surface area (Å²) < 4.78 is 19.1. The summed E-state index contributed by atoms with van der Waals surface area (Å²) in [6.07, 6.45) is 0.872. The molecule has 0 atom stereocenters. The van der Waals surface area contributed by atoms with Crippen molar-refractivity contribution in [3.8, 4) is 5.75 Å². The van der Waals surface area contributed by atoms with Crippen LogP contribution in [-0.2, 0) is 13.0 Å². The number of halogens is 2. The van der Waals surface area contributed by atoms with E-state index in [1.807, 2.05) is 30.3 Å². The molecule has 0 spiro atoms. The predicted octanol–water partition coefficient (Wildman–Crippen LogP) is 3.93. The van der Waals surface area contributed by atoms with Crippen LogP contribution in [0.5, 0.6) is 5.75 Å². The maximum atomic E-state index is 12.8. The number of methoxy groups -OCH3 is 1. The third-order valence-electron chi connectivity index (χ3n) is 3.06. The number of rotatable bonds is 6. The number of hydrogen-bond donors (Lipinski definition) is 1. The molecule has 0 aliphatic carbocycles. The van der Waals surface area contributed by atoms with Crippen molar-refractivity contribution < 1.29 is 9.13 Å². The lowest BCUT2D eigenvalue weighted by Crippen LogP contribution is -2.17. The first-order chi connectivity index (χ1) is 9.69. The molecule has 2 aromatic carbocycles. The molecule has 0 saturated heterocycles. The predicted molar refractivity (Wildman–Crippen MR) is 82.5 cm³/mol. The zero-order chi connectivity index (χ0) is 14.4. The standard InChI is InChI=1S/C16H17BrFNO/c1-20-16-7-4-14(17)10-13(16)11-19-9-8-12-2-5-15(18)6-3-12/h2-7,10,19H,8-9,11H2,1H3. The summed E-state index contributed by atoms with van der Waals surface area (Å²) in [7, 11) is 1.67. The first kappa shape index (κ1) is 15.0. The normalized spacial score (nSPS) is 10.6. The van der Waals surface area contributed by atoms with Crippen molar-refractivity contribution in [1.29, 1.82) is 0 Å². The van der Waals surface area contributed by atoms with Crippen molar-refractivity contribution in [1.82, 2.24) is 5.32 Å². The fourth-order valence-electron chi connectivity index (χ4n) is 1.99. The Labute approximate surface area is 127 Å². The number of hydrogen-bond acceptors (Lipinski definition) is 2. The molecule has 2 nitrogen and oxygen atoms in total. The highest BCUT2D eigenvalue weighted by atomic mass is 79.9. The van der Waals surface area contributed by atoms with E-state index in [-0.39, 0.29) is 5.82 Å². The summed E-state index contributed by atoms with van der Waals surface area (Å²) in [5.74, 6) is 0.683. The Hall–Kier alpha value is -1.39. The second-order valence-corrected chi connectivity index (χ2v) is 5.43. The average Bonchev–Trinajstić information content (AvgIpc) is 2.46. The first-order valence-corrected chi connectivity index (χ1v) is 7.26. The van der Waals surface area contributed by atoms with Gasteiger partial charge in [-0.1, -0.05) is 28.1 Å². The topological polar surface area (TPSA) is 21.3 Å². The van der Waals surface area contributed by atoms with E-state index in [1.54, 1.807) is 7.11 Å². The van der Waals surface area contributed by atoms with Gasteiger partial charge in [-0.25, -0.2) is 4.39 Å². The smallest absolute Gasteiger partial charge is 0.123 e. The molecular formula is C16H17BrFNO. The molecule has 20 heavy (non-hydrogen) atoms. The van der Waals surface area contributed by atoms with Crippen LogP contribution in [0.3, 0.4) is 0 Å². The van der Waals surface area contributed by atoms with Gasteiger partial charge in [-0.15, -0.1) is 0 Å². The summed E-state index contributed by atoms with van der Waals surface area (Å²) in [6, 6.07) is 12.6. The molecule has 2 aromatic rings. The second-order valence-electron chi connectivity index (χ2n) is 4.51. The van der Waals surface area contributed by atoms with Gasteiger partial charge in [-0.2, -0.15) is 0 Å². The van der Waals surface area contributed by atoms with Gasteiger partial charge in [0.25, 0.3) is 0 Å². The molecule has 0 radical (unpaired) electrons. The van der Waals surface area contributed by atoms with Crippen LogP contribution in [-0.4, -0.2) is 13.7 Å². The molecule has 4 heteroatoms. The Morgan fingerprint density at radius 1 is 1.15 bits per heavy atom. The van der Waals surface area contributed by atoms with Crippen LogP contribution in [0.4, 0.5) is 4.39 Å². The van der Waals surface area contributed by atoms with Crippen molar-refractivity contribution in [2.24, 2.45) is 0 Å². The van der Waals surface area contributed by atoms with Crippen LogP contribution in [0.15, 0.2) is 46.9 Å². The van der Waals surface area contributed by atoms with Gasteiger partial charge in [0.05, 0.1) is 7.11 Å². The number of benzene rings is 2. The van der Waals surface area contributed by atoms with Gasteiger partial charge in [0.15, 0.2) is 0 Å². The first-order valence-electron chi connectivity index (χ1n) is 6.46. The van der Waals surface area contributed by atoms with Gasteiger partial charge in [-0.3, -0.25) is 0 Å². The van der Waals surface area contributed by atoms with Crippen LogP contribution in [0.1, 0.15) is 11.1 Å². The Morgan fingerprint density at radius 2 is 1.90 bits per heavy atom. The van der Waals surface area contributed by atoms with E-state index in [4.69, 9.17) is 4.74 Å². The summed E-state index contributed by atoms with van der Waals surface area (Å²) >= 11 is 3.46. The van der Waals surface area contributed by atoms with E-state index in [0.717, 1.165) is 40.9 Å². The van der Waals surface area contributed by atoms with Crippen LogP contribution in [0.25, 0.3) is 0 Å². The lowest BCUT2D eigenvalue weighted by Gasteiger charge is -2.10. The molecular weight excluding hydrogens is 321 g/mol. The summed E-state index contributed by atoms with van der Waals surface area (Å²) in [4.78, 5) is 0. The molecule has 0 unspecified atom stereocenters. The monoisotopic (exact) mass is 337 g/mol. The lowest BCUT2D eigenvalue weighted by atomic mass is 10.1. The van der Waals surface area contributed by atoms with Crippen molar-refractivity contribution in [2.75, 3.05) is 13.7 Å². The van der Waals surface area contributed by atoms with Crippen molar-refractivity contribution in [2.45, 2.75) is 13.0 Å². The zero-order valence-electron chi connectivity index (χ0n) is 11.3. The Morgan fingerprint density at radius 3 is 2.60 bits per heavy atom. The average molecular weight is 338 g/mol. The van der Waals surface area contributed by atoms with Crippen LogP contribution in [0, 0.1) is 5.82 Å². The Kier molecular flexibility index (Phi) is 5.56. The summed E-state index contributed by atoms with van der Waals surface area (Å²) in [5, 5.41) is 3.37. The number of nitrogens with one attached hydrogen (secondary N) is 1. The minimum atomic E-state index is -0.194. The van der Waals surface area contributed by atoms with E-state index >= 15 is 0 Å². The number of ether oxygens (including phenoxy) is 1. The molecule has 0 bridgehead atoms. The zero-order valence-corrected chi connectivity index (χ0v) is 12.9. The van der Waals surface area contributed by atoms with Crippen LogP contribution >= 0.6 is 15.9 Å². The SMILES string of the molecule is COc1ccc(Br)cc1CNCCc1ccc(F)cc1. The minimum absolute atomic E-state index is 0.194. The summed E-state index contributed by atoms with van der Waals surface area (Å²) in [5.41, 5.74) is 2.24. The van der Waals surface area contributed by atoms with Gasteiger partial charge in [0.2, 0.25) is 0 Å². The molecule has 0 heterocycles. The Balaban J connectivity index is 1.84. The van der Waals surface area contributed by atoms with Gasteiger partial charge in [-0.05, 0) is 48.9 Å². The fraction of sp³-hybridized carbons (Fsp3) is 0.250. The fourth-order valence-corrected chi connectivity index (χ4v) is 2.40. The highest BCUT2D eigenvalue weighted by Crippen LogP contribution is 2.22. The third kappa shape index (κ3) is 4.32. The molecule has 0 aliphatic heterocycles. The molecule has 0 saturated carbocycles. The molecule has 0 aromatic heterocycles. The van der Waals surface area contributed by atoms with Crippen molar-refractivity contribution in [3.05, 3.63) is 63.9 Å². The maximum absolute atomic E-state index is 12.8. The highest BCUT2D eigenvalue weighted by Gasteiger charge is 2.03. The van der Waals surface area contributed by atoms with Gasteiger partial charge >= 0.3 is 0 Å². The quantitative estimate of drug-likeness (QED) is 0.806. The molecule has 0 aliphatic rings. The van der Waals surface area contributed by atoms with Crippen LogP contribution in [0.2, 0.25) is 0 Å². The molecule has 0 fully saturated rings. The van der Waals surface area contributed by atoms with Crippen molar-refractivity contribution >= 4 is 15.9 Å². The van der Waals surface area contributed by atoms with E-state index in [9.17, 15) is 4.39 Å². The summed E-state index contributed by atoms with van der Waals surface area (Å²) in [6.45, 7) is 1.57. The van der Waals surface area contributed by atoms with Gasteiger partial charge in [0, 0.05) is 16.6 Å². The Bertz CT molecular complexity index is 557. The van der Waals surface area contributed by atoms with E-state index in [1.165, 1.54) is 12.1 Å². The van der Waals surface area contributed by atoms with E-state index in [0.29, 0.717) is 0 Å². The lowest BCUT2D eigenvalue weighted by molar-refractivity contribution is 0.407.